The van der Waals surface area contributed by atoms with Crippen LogP contribution in [0.2, 0.25) is 5.02 Å². The van der Waals surface area contributed by atoms with Gasteiger partial charge in [0.05, 0.1) is 6.04 Å². The lowest BCUT2D eigenvalue weighted by Crippen LogP contribution is -2.35. The molecule has 4 N–H and O–H groups in total. The lowest BCUT2D eigenvalue weighted by atomic mass is 10.1. The fraction of sp³-hybridized carbons (Fsp3) is 0.364. The molecule has 0 amide bonds. The van der Waals surface area contributed by atoms with E-state index in [-0.39, 0.29) is 11.9 Å². The Kier molecular flexibility index (Phi) is 4.43. The summed E-state index contributed by atoms with van der Waals surface area (Å²) in [5.74, 6) is 0.166. The van der Waals surface area contributed by atoms with Crippen LogP contribution in [-0.4, -0.2) is 17.1 Å². The van der Waals surface area contributed by atoms with Gasteiger partial charge in [0.1, 0.15) is 0 Å². The molecule has 0 saturated heterocycles. The highest BCUT2D eigenvalue weighted by molar-refractivity contribution is 6.31. The van der Waals surface area contributed by atoms with Gasteiger partial charge in [0.2, 0.25) is 0 Å². The molecule has 4 nitrogen and oxygen atoms in total. The van der Waals surface area contributed by atoms with Gasteiger partial charge in [-0.3, -0.25) is 0 Å². The fourth-order valence-corrected chi connectivity index (χ4v) is 1.52. The molecule has 1 atom stereocenters. The first-order valence-corrected chi connectivity index (χ1v) is 5.46. The predicted molar refractivity (Wildman–Crippen MR) is 67.3 cm³/mol. The number of anilines is 1. The van der Waals surface area contributed by atoms with Gasteiger partial charge in [0.15, 0.2) is 5.84 Å². The van der Waals surface area contributed by atoms with E-state index >= 15 is 0 Å². The van der Waals surface area contributed by atoms with Crippen LogP contribution in [0.4, 0.5) is 5.69 Å². The van der Waals surface area contributed by atoms with Crippen molar-refractivity contribution in [3.05, 3.63) is 28.8 Å². The highest BCUT2D eigenvalue weighted by atomic mass is 35.5. The molecule has 0 fully saturated rings. The predicted octanol–water partition coefficient (Wildman–Crippen LogP) is 2.59. The highest BCUT2D eigenvalue weighted by Crippen LogP contribution is 2.20. The smallest absolute Gasteiger partial charge is 0.161 e. The standard InChI is InChI=1S/C11H16ClN3O/c1-3-10(11(13)15-16)14-8-5-4-7(2)9(12)6-8/h4-6,10,14,16H,3H2,1-2H3,(H2,13,15). The molecule has 0 heterocycles. The van der Waals surface area contributed by atoms with Crippen molar-refractivity contribution < 1.29 is 5.21 Å². The first-order chi connectivity index (χ1) is 7.58. The van der Waals surface area contributed by atoms with Crippen LogP contribution >= 0.6 is 11.6 Å². The second kappa shape index (κ2) is 5.61. The third kappa shape index (κ3) is 3.03. The lowest BCUT2D eigenvalue weighted by molar-refractivity contribution is 0.316. The largest absolute Gasteiger partial charge is 0.409 e. The molecule has 1 aromatic carbocycles. The van der Waals surface area contributed by atoms with Crippen molar-refractivity contribution in [2.24, 2.45) is 10.9 Å². The summed E-state index contributed by atoms with van der Waals surface area (Å²) in [4.78, 5) is 0. The SMILES string of the molecule is CCC(Nc1ccc(C)c(Cl)c1)C(N)=NO. The van der Waals surface area contributed by atoms with Crippen LogP contribution in [0.1, 0.15) is 18.9 Å². The van der Waals surface area contributed by atoms with Crippen LogP contribution in [0.3, 0.4) is 0 Å². The molecular weight excluding hydrogens is 226 g/mol. The zero-order valence-corrected chi connectivity index (χ0v) is 10.1. The maximum Gasteiger partial charge on any atom is 0.161 e. The first kappa shape index (κ1) is 12.6. The number of rotatable bonds is 4. The van der Waals surface area contributed by atoms with Crippen LogP contribution in [0, 0.1) is 6.92 Å². The lowest BCUT2D eigenvalue weighted by Gasteiger charge is -2.17. The Hall–Kier alpha value is -1.42. The monoisotopic (exact) mass is 241 g/mol. The summed E-state index contributed by atoms with van der Waals surface area (Å²) in [5.41, 5.74) is 7.42. The number of hydrogen-bond donors (Lipinski definition) is 3. The van der Waals surface area contributed by atoms with Crippen molar-refractivity contribution in [2.75, 3.05) is 5.32 Å². The van der Waals surface area contributed by atoms with Crippen LogP contribution in [0.5, 0.6) is 0 Å². The Balaban J connectivity index is 2.82. The van der Waals surface area contributed by atoms with E-state index in [0.717, 1.165) is 17.7 Å². The van der Waals surface area contributed by atoms with Crippen molar-refractivity contribution in [3.8, 4) is 0 Å². The van der Waals surface area contributed by atoms with Crippen molar-refractivity contribution in [3.63, 3.8) is 0 Å². The minimum atomic E-state index is -0.191. The molecule has 5 heteroatoms. The molecule has 0 aliphatic rings. The summed E-state index contributed by atoms with van der Waals surface area (Å²) in [6.07, 6.45) is 0.724. The Morgan fingerprint density at radius 3 is 2.81 bits per heavy atom. The third-order valence-corrected chi connectivity index (χ3v) is 2.80. The molecule has 88 valence electrons. The molecule has 0 saturated carbocycles. The molecule has 0 aromatic heterocycles. The van der Waals surface area contributed by atoms with Gasteiger partial charge in [-0.25, -0.2) is 0 Å². The molecule has 0 spiro atoms. The molecule has 0 bridgehead atoms. The summed E-state index contributed by atoms with van der Waals surface area (Å²) in [7, 11) is 0. The number of halogens is 1. The number of benzene rings is 1. The third-order valence-electron chi connectivity index (χ3n) is 2.39. The molecule has 1 unspecified atom stereocenters. The van der Waals surface area contributed by atoms with Crippen LogP contribution < -0.4 is 11.1 Å². The Labute approximate surface area is 100 Å². The van der Waals surface area contributed by atoms with Crippen molar-refractivity contribution >= 4 is 23.1 Å². The van der Waals surface area contributed by atoms with E-state index in [9.17, 15) is 0 Å². The van der Waals surface area contributed by atoms with E-state index in [1.807, 2.05) is 32.0 Å². The normalized spacial score (nSPS) is 13.6. The molecule has 1 aromatic rings. The molecule has 16 heavy (non-hydrogen) atoms. The van der Waals surface area contributed by atoms with E-state index < -0.39 is 0 Å². The summed E-state index contributed by atoms with van der Waals surface area (Å²) >= 11 is 6.00. The van der Waals surface area contributed by atoms with E-state index in [1.165, 1.54) is 0 Å². The zero-order valence-electron chi connectivity index (χ0n) is 9.37. The van der Waals surface area contributed by atoms with E-state index in [1.54, 1.807) is 0 Å². The van der Waals surface area contributed by atoms with Gasteiger partial charge in [0.25, 0.3) is 0 Å². The quantitative estimate of drug-likeness (QED) is 0.328. The van der Waals surface area contributed by atoms with Gasteiger partial charge in [-0.05, 0) is 31.0 Å². The summed E-state index contributed by atoms with van der Waals surface area (Å²) in [5, 5.41) is 15.4. The van der Waals surface area contributed by atoms with E-state index in [0.29, 0.717) is 5.02 Å². The Bertz CT molecular complexity index is 393. The number of hydrogen-bond acceptors (Lipinski definition) is 3. The van der Waals surface area contributed by atoms with Gasteiger partial charge in [0, 0.05) is 10.7 Å². The number of nitrogens with zero attached hydrogens (tertiary/aromatic N) is 1. The number of amidine groups is 1. The minimum Gasteiger partial charge on any atom is -0.409 e. The highest BCUT2D eigenvalue weighted by Gasteiger charge is 2.11. The molecule has 0 aliphatic carbocycles. The van der Waals surface area contributed by atoms with Crippen molar-refractivity contribution in [1.82, 2.24) is 0 Å². The maximum absolute atomic E-state index is 8.61. The topological polar surface area (TPSA) is 70.6 Å². The average molecular weight is 242 g/mol. The van der Waals surface area contributed by atoms with Gasteiger partial charge < -0.3 is 16.3 Å². The van der Waals surface area contributed by atoms with Crippen molar-refractivity contribution in [2.45, 2.75) is 26.3 Å². The molecule has 0 radical (unpaired) electrons. The first-order valence-electron chi connectivity index (χ1n) is 5.08. The summed E-state index contributed by atoms with van der Waals surface area (Å²) in [6, 6.07) is 5.46. The number of aryl methyl sites for hydroxylation is 1. The summed E-state index contributed by atoms with van der Waals surface area (Å²) in [6.45, 7) is 3.89. The second-order valence-corrected chi connectivity index (χ2v) is 4.00. The molecule has 0 aliphatic heterocycles. The fourth-order valence-electron chi connectivity index (χ4n) is 1.34. The minimum absolute atomic E-state index is 0.166. The van der Waals surface area contributed by atoms with Crippen LogP contribution in [0.15, 0.2) is 23.4 Å². The number of oxime groups is 1. The second-order valence-electron chi connectivity index (χ2n) is 3.59. The van der Waals surface area contributed by atoms with Gasteiger partial charge in [-0.15, -0.1) is 0 Å². The van der Waals surface area contributed by atoms with E-state index in [2.05, 4.69) is 10.5 Å². The Morgan fingerprint density at radius 1 is 1.62 bits per heavy atom. The zero-order chi connectivity index (χ0) is 12.1. The van der Waals surface area contributed by atoms with Crippen LogP contribution in [0.25, 0.3) is 0 Å². The number of nitrogens with one attached hydrogen (secondary N) is 1. The van der Waals surface area contributed by atoms with Gasteiger partial charge >= 0.3 is 0 Å². The Morgan fingerprint density at radius 2 is 2.31 bits per heavy atom. The maximum atomic E-state index is 8.61. The van der Waals surface area contributed by atoms with Gasteiger partial charge in [-0.2, -0.15) is 0 Å². The summed E-state index contributed by atoms with van der Waals surface area (Å²) < 4.78 is 0. The van der Waals surface area contributed by atoms with Gasteiger partial charge in [-0.1, -0.05) is 29.7 Å². The van der Waals surface area contributed by atoms with Crippen molar-refractivity contribution in [1.29, 1.82) is 0 Å². The number of nitrogens with two attached hydrogens (primary N) is 1. The van der Waals surface area contributed by atoms with E-state index in [4.69, 9.17) is 22.5 Å². The average Bonchev–Trinajstić information content (AvgIpc) is 2.29. The molecule has 1 rings (SSSR count). The molecular formula is C11H16ClN3O. The van der Waals surface area contributed by atoms with Crippen LogP contribution in [-0.2, 0) is 0 Å².